The fourth-order valence-electron chi connectivity index (χ4n) is 2.45. The molecule has 1 fully saturated rings. The molecule has 0 unspecified atom stereocenters. The number of nitrogens with two attached hydrogens (primary N) is 1. The molecule has 0 aromatic heterocycles. The van der Waals surface area contributed by atoms with E-state index in [2.05, 4.69) is 6.07 Å². The van der Waals surface area contributed by atoms with Crippen LogP contribution in [0.1, 0.15) is 36.0 Å². The molecule has 2 rings (SSSR count). The minimum absolute atomic E-state index is 0.213. The number of ketones is 1. The van der Waals surface area contributed by atoms with E-state index in [-0.39, 0.29) is 5.92 Å². The summed E-state index contributed by atoms with van der Waals surface area (Å²) in [7, 11) is 0. The van der Waals surface area contributed by atoms with Crippen molar-refractivity contribution in [1.29, 1.82) is 0 Å². The summed E-state index contributed by atoms with van der Waals surface area (Å²) in [5.74, 6) is 1.14. The van der Waals surface area contributed by atoms with Gasteiger partial charge in [0.05, 0.1) is 0 Å². The minimum Gasteiger partial charge on any atom is -0.330 e. The fraction of sp³-hybridized carbons (Fsp3) is 0.500. The summed E-state index contributed by atoms with van der Waals surface area (Å²) in [6.07, 6.45) is 4.20. The quantitative estimate of drug-likeness (QED) is 0.788. The molecule has 1 aromatic rings. The standard InChI is InChI=1S/C14H18NO/c15-10-11-6-8-13(9-7-11)14(16)12-4-2-1-3-5-12/h2-5,11,13H,6-10,15H2. The topological polar surface area (TPSA) is 43.1 Å². The Balaban J connectivity index is 1.97. The van der Waals surface area contributed by atoms with Crippen molar-refractivity contribution in [1.82, 2.24) is 0 Å². The van der Waals surface area contributed by atoms with Crippen molar-refractivity contribution in [2.24, 2.45) is 17.6 Å². The molecular weight excluding hydrogens is 198 g/mol. The third-order valence-corrected chi connectivity index (χ3v) is 3.55. The first-order valence-corrected chi connectivity index (χ1v) is 6.01. The molecule has 0 aliphatic heterocycles. The van der Waals surface area contributed by atoms with Crippen LogP contribution >= 0.6 is 0 Å². The van der Waals surface area contributed by atoms with E-state index in [1.165, 1.54) is 0 Å². The van der Waals surface area contributed by atoms with Crippen LogP contribution in [0.2, 0.25) is 0 Å². The van der Waals surface area contributed by atoms with Gasteiger partial charge in [-0.2, -0.15) is 0 Å². The van der Waals surface area contributed by atoms with Crippen molar-refractivity contribution in [2.75, 3.05) is 6.54 Å². The maximum atomic E-state index is 12.1. The van der Waals surface area contributed by atoms with Gasteiger partial charge < -0.3 is 5.73 Å². The zero-order valence-electron chi connectivity index (χ0n) is 9.49. The van der Waals surface area contributed by atoms with Crippen molar-refractivity contribution in [3.8, 4) is 0 Å². The molecule has 1 aliphatic rings. The van der Waals surface area contributed by atoms with E-state index in [0.29, 0.717) is 11.7 Å². The Morgan fingerprint density at radius 1 is 1.25 bits per heavy atom. The van der Waals surface area contributed by atoms with Gasteiger partial charge in [0.25, 0.3) is 0 Å². The van der Waals surface area contributed by atoms with Gasteiger partial charge >= 0.3 is 0 Å². The fourth-order valence-corrected chi connectivity index (χ4v) is 2.45. The molecule has 0 saturated heterocycles. The highest BCUT2D eigenvalue weighted by atomic mass is 16.1. The third-order valence-electron chi connectivity index (χ3n) is 3.55. The summed E-state index contributed by atoms with van der Waals surface area (Å²) < 4.78 is 0. The van der Waals surface area contributed by atoms with Gasteiger partial charge in [-0.15, -0.1) is 0 Å². The van der Waals surface area contributed by atoms with Crippen molar-refractivity contribution in [3.05, 3.63) is 35.9 Å². The Morgan fingerprint density at radius 3 is 2.44 bits per heavy atom. The molecule has 1 aromatic carbocycles. The Bertz CT molecular complexity index is 339. The smallest absolute Gasteiger partial charge is 0.165 e. The summed E-state index contributed by atoms with van der Waals surface area (Å²) in [5.41, 5.74) is 6.48. The summed E-state index contributed by atoms with van der Waals surface area (Å²) in [5, 5.41) is 0. The highest BCUT2D eigenvalue weighted by molar-refractivity contribution is 5.97. The maximum absolute atomic E-state index is 12.1. The molecule has 1 saturated carbocycles. The number of carbonyl (C=O) groups excluding carboxylic acids is 1. The first kappa shape index (κ1) is 11.3. The van der Waals surface area contributed by atoms with Gasteiger partial charge in [0, 0.05) is 11.5 Å². The molecular formula is C14H18NO. The minimum atomic E-state index is 0.213. The van der Waals surface area contributed by atoms with Crippen molar-refractivity contribution < 1.29 is 4.79 Å². The predicted octanol–water partition coefficient (Wildman–Crippen LogP) is 2.43. The second-order valence-corrected chi connectivity index (χ2v) is 4.61. The molecule has 1 aliphatic carbocycles. The van der Waals surface area contributed by atoms with E-state index in [4.69, 9.17) is 5.73 Å². The number of hydrogen-bond acceptors (Lipinski definition) is 2. The molecule has 2 nitrogen and oxygen atoms in total. The zero-order valence-corrected chi connectivity index (χ0v) is 9.49. The average Bonchev–Trinajstić information content (AvgIpc) is 2.39. The van der Waals surface area contributed by atoms with Crippen LogP contribution < -0.4 is 5.73 Å². The molecule has 85 valence electrons. The van der Waals surface area contributed by atoms with Crippen LogP contribution in [0.3, 0.4) is 0 Å². The van der Waals surface area contributed by atoms with E-state index >= 15 is 0 Å². The average molecular weight is 216 g/mol. The van der Waals surface area contributed by atoms with Crippen LogP contribution in [0.5, 0.6) is 0 Å². The normalized spacial score (nSPS) is 25.3. The molecule has 0 heterocycles. The van der Waals surface area contributed by atoms with Gasteiger partial charge in [-0.1, -0.05) is 24.3 Å². The first-order chi connectivity index (χ1) is 7.81. The lowest BCUT2D eigenvalue weighted by Gasteiger charge is -2.26. The predicted molar refractivity (Wildman–Crippen MR) is 64.1 cm³/mol. The molecule has 1 radical (unpaired) electrons. The van der Waals surface area contributed by atoms with Crippen molar-refractivity contribution in [2.45, 2.75) is 25.7 Å². The summed E-state index contributed by atoms with van der Waals surface area (Å²) in [4.78, 5) is 12.1. The molecule has 16 heavy (non-hydrogen) atoms. The first-order valence-electron chi connectivity index (χ1n) is 6.01. The molecule has 0 bridgehead atoms. The molecule has 2 heteroatoms. The van der Waals surface area contributed by atoms with E-state index in [9.17, 15) is 4.79 Å². The van der Waals surface area contributed by atoms with E-state index in [1.54, 1.807) is 12.1 Å². The highest BCUT2D eigenvalue weighted by Crippen LogP contribution is 2.30. The number of rotatable bonds is 3. The van der Waals surface area contributed by atoms with Gasteiger partial charge in [-0.25, -0.2) is 0 Å². The Kier molecular flexibility index (Phi) is 3.73. The van der Waals surface area contributed by atoms with Crippen molar-refractivity contribution in [3.63, 3.8) is 0 Å². The zero-order chi connectivity index (χ0) is 11.4. The molecule has 0 amide bonds. The van der Waals surface area contributed by atoms with Crippen LogP contribution in [0.25, 0.3) is 0 Å². The summed E-state index contributed by atoms with van der Waals surface area (Å²) in [6.45, 7) is 0.765. The largest absolute Gasteiger partial charge is 0.330 e. The Morgan fingerprint density at radius 2 is 1.88 bits per heavy atom. The second-order valence-electron chi connectivity index (χ2n) is 4.61. The number of benzene rings is 1. The van der Waals surface area contributed by atoms with E-state index < -0.39 is 0 Å². The van der Waals surface area contributed by atoms with Crippen LogP contribution in [-0.4, -0.2) is 12.3 Å². The lowest BCUT2D eigenvalue weighted by molar-refractivity contribution is 0.0873. The Hall–Kier alpha value is -1.15. The van der Waals surface area contributed by atoms with Gasteiger partial charge in [0.1, 0.15) is 0 Å². The van der Waals surface area contributed by atoms with Crippen LogP contribution in [-0.2, 0) is 0 Å². The second kappa shape index (κ2) is 5.26. The molecule has 2 N–H and O–H groups in total. The highest BCUT2D eigenvalue weighted by Gasteiger charge is 2.25. The lowest BCUT2D eigenvalue weighted by Crippen LogP contribution is -2.25. The van der Waals surface area contributed by atoms with E-state index in [1.807, 2.05) is 12.1 Å². The number of carbonyl (C=O) groups is 1. The lowest BCUT2D eigenvalue weighted by atomic mass is 9.79. The van der Waals surface area contributed by atoms with Crippen LogP contribution in [0.15, 0.2) is 24.3 Å². The maximum Gasteiger partial charge on any atom is 0.165 e. The van der Waals surface area contributed by atoms with Gasteiger partial charge in [0.15, 0.2) is 5.78 Å². The van der Waals surface area contributed by atoms with E-state index in [0.717, 1.165) is 37.8 Å². The van der Waals surface area contributed by atoms with Gasteiger partial charge in [0.2, 0.25) is 0 Å². The van der Waals surface area contributed by atoms with Gasteiger partial charge in [-0.05, 0) is 44.2 Å². The van der Waals surface area contributed by atoms with Crippen LogP contribution in [0, 0.1) is 17.9 Å². The van der Waals surface area contributed by atoms with Crippen LogP contribution in [0.4, 0.5) is 0 Å². The van der Waals surface area contributed by atoms with Gasteiger partial charge in [-0.3, -0.25) is 4.79 Å². The third kappa shape index (κ3) is 2.50. The Labute approximate surface area is 96.8 Å². The monoisotopic (exact) mass is 216 g/mol. The molecule has 0 atom stereocenters. The SMILES string of the molecule is NCC1CCC(C(=O)c2cc[c]cc2)CC1. The van der Waals surface area contributed by atoms with Crippen molar-refractivity contribution >= 4 is 5.78 Å². The number of Topliss-reactive ketones (excluding diaryl/α,β-unsaturated/α-hetero) is 1. The number of hydrogen-bond donors (Lipinski definition) is 1. The summed E-state index contributed by atoms with van der Waals surface area (Å²) in [6, 6.07) is 10.3. The summed E-state index contributed by atoms with van der Waals surface area (Å²) >= 11 is 0. The molecule has 0 spiro atoms.